The van der Waals surface area contributed by atoms with Gasteiger partial charge < -0.3 is 15.2 Å². The maximum absolute atomic E-state index is 13.2. The Labute approximate surface area is 139 Å². The second-order valence-corrected chi connectivity index (χ2v) is 6.52. The number of carbonyl (C=O) groups is 1. The number of nitrogens with one attached hydrogen (secondary N) is 1. The fraction of sp³-hybridized carbons (Fsp3) is 0.562. The van der Waals surface area contributed by atoms with Crippen LogP contribution in [-0.4, -0.2) is 60.4 Å². The number of amides is 1. The van der Waals surface area contributed by atoms with Gasteiger partial charge in [0.2, 0.25) is 0 Å². The number of nitrogens with zero attached hydrogens (tertiary/aromatic N) is 1. The molecule has 7 heteroatoms. The van der Waals surface area contributed by atoms with Gasteiger partial charge in [0, 0.05) is 37.3 Å². The van der Waals surface area contributed by atoms with Crippen molar-refractivity contribution < 1.29 is 19.0 Å². The van der Waals surface area contributed by atoms with E-state index in [1.807, 2.05) is 0 Å². The molecule has 0 spiro atoms. The van der Waals surface area contributed by atoms with Crippen LogP contribution in [0.25, 0.3) is 0 Å². The molecular formula is C16H20ClFN2O3. The Morgan fingerprint density at radius 2 is 2.30 bits per heavy atom. The minimum absolute atomic E-state index is 0.0350. The Bertz CT molecular complexity index is 586. The molecule has 0 aliphatic carbocycles. The summed E-state index contributed by atoms with van der Waals surface area (Å²) in [4.78, 5) is 14.6. The summed E-state index contributed by atoms with van der Waals surface area (Å²) in [6, 6.07) is 4.30. The molecule has 0 unspecified atom stereocenters. The number of halogens is 2. The lowest BCUT2D eigenvalue weighted by molar-refractivity contribution is -0.0566. The maximum atomic E-state index is 13.2. The molecule has 5 nitrogen and oxygen atoms in total. The molecule has 3 rings (SSSR count). The van der Waals surface area contributed by atoms with Crippen molar-refractivity contribution in [3.63, 3.8) is 0 Å². The second kappa shape index (κ2) is 7.13. The SMILES string of the molecule is O=C(N[C@@H]1C[C@H]2CO[C@@H](CCO)CN2C1)c1ccc(F)c(Cl)c1. The number of carbonyl (C=O) groups excluding carboxylic acids is 1. The zero-order valence-corrected chi connectivity index (χ0v) is 13.4. The molecule has 0 saturated carbocycles. The Kier molecular flexibility index (Phi) is 5.16. The topological polar surface area (TPSA) is 61.8 Å². The van der Waals surface area contributed by atoms with Crippen LogP contribution in [0.2, 0.25) is 5.02 Å². The first-order valence-electron chi connectivity index (χ1n) is 7.79. The van der Waals surface area contributed by atoms with Crippen molar-refractivity contribution in [3.05, 3.63) is 34.6 Å². The van der Waals surface area contributed by atoms with Gasteiger partial charge in [0.25, 0.3) is 5.91 Å². The van der Waals surface area contributed by atoms with Gasteiger partial charge in [-0.15, -0.1) is 0 Å². The van der Waals surface area contributed by atoms with E-state index in [1.54, 1.807) is 0 Å². The van der Waals surface area contributed by atoms with E-state index in [2.05, 4.69) is 10.2 Å². The Balaban J connectivity index is 1.57. The molecule has 0 aromatic heterocycles. The second-order valence-electron chi connectivity index (χ2n) is 6.11. The minimum Gasteiger partial charge on any atom is -0.396 e. The third-order valence-corrected chi connectivity index (χ3v) is 4.75. The van der Waals surface area contributed by atoms with E-state index in [1.165, 1.54) is 18.2 Å². The quantitative estimate of drug-likeness (QED) is 0.869. The lowest BCUT2D eigenvalue weighted by Gasteiger charge is -2.34. The number of benzene rings is 1. The average molecular weight is 343 g/mol. The summed E-state index contributed by atoms with van der Waals surface area (Å²) in [7, 11) is 0. The maximum Gasteiger partial charge on any atom is 0.251 e. The normalized spacial score (nSPS) is 27.7. The fourth-order valence-electron chi connectivity index (χ4n) is 3.27. The summed E-state index contributed by atoms with van der Waals surface area (Å²) < 4.78 is 18.9. The fourth-order valence-corrected chi connectivity index (χ4v) is 3.45. The average Bonchev–Trinajstić information content (AvgIpc) is 2.91. The summed E-state index contributed by atoms with van der Waals surface area (Å²) in [5, 5.41) is 11.9. The van der Waals surface area contributed by atoms with Crippen molar-refractivity contribution in [2.45, 2.75) is 31.0 Å². The molecule has 2 fully saturated rings. The van der Waals surface area contributed by atoms with Crippen molar-refractivity contribution >= 4 is 17.5 Å². The molecule has 0 bridgehead atoms. The number of fused-ring (bicyclic) bond motifs is 1. The lowest BCUT2D eigenvalue weighted by Crippen LogP contribution is -2.46. The van der Waals surface area contributed by atoms with E-state index >= 15 is 0 Å². The summed E-state index contributed by atoms with van der Waals surface area (Å²) in [5.41, 5.74) is 0.357. The van der Waals surface area contributed by atoms with E-state index in [0.29, 0.717) is 24.6 Å². The largest absolute Gasteiger partial charge is 0.396 e. The van der Waals surface area contributed by atoms with Gasteiger partial charge >= 0.3 is 0 Å². The van der Waals surface area contributed by atoms with Crippen molar-refractivity contribution in [2.24, 2.45) is 0 Å². The van der Waals surface area contributed by atoms with Crippen LogP contribution in [0.4, 0.5) is 4.39 Å². The van der Waals surface area contributed by atoms with Gasteiger partial charge in [-0.05, 0) is 31.0 Å². The van der Waals surface area contributed by atoms with Crippen LogP contribution in [0.15, 0.2) is 18.2 Å². The first kappa shape index (κ1) is 16.6. The highest BCUT2D eigenvalue weighted by Gasteiger charge is 2.37. The Hall–Kier alpha value is -1.21. The van der Waals surface area contributed by atoms with Crippen molar-refractivity contribution in [1.82, 2.24) is 10.2 Å². The number of hydrogen-bond acceptors (Lipinski definition) is 4. The van der Waals surface area contributed by atoms with Crippen molar-refractivity contribution in [2.75, 3.05) is 26.3 Å². The van der Waals surface area contributed by atoms with E-state index in [-0.39, 0.29) is 29.7 Å². The molecule has 0 radical (unpaired) electrons. The van der Waals surface area contributed by atoms with Crippen LogP contribution in [0, 0.1) is 5.82 Å². The minimum atomic E-state index is -0.534. The highest BCUT2D eigenvalue weighted by molar-refractivity contribution is 6.31. The summed E-state index contributed by atoms with van der Waals surface area (Å²) >= 11 is 5.72. The van der Waals surface area contributed by atoms with Gasteiger partial charge in [-0.25, -0.2) is 4.39 Å². The van der Waals surface area contributed by atoms with Crippen LogP contribution >= 0.6 is 11.6 Å². The molecule has 2 heterocycles. The number of hydrogen-bond donors (Lipinski definition) is 2. The van der Waals surface area contributed by atoms with E-state index in [4.69, 9.17) is 21.4 Å². The van der Waals surface area contributed by atoms with Gasteiger partial charge in [0.15, 0.2) is 0 Å². The number of aliphatic hydroxyl groups excluding tert-OH is 1. The molecule has 2 aliphatic heterocycles. The molecule has 1 aromatic rings. The standard InChI is InChI=1S/C16H20ClFN2O3/c17-14-5-10(1-2-15(14)18)16(22)19-11-6-12-9-23-13(3-4-21)8-20(12)7-11/h1-2,5,11-13,21H,3-4,6-9H2,(H,19,22)/t11-,12+,13+/m1/s1. The first-order valence-corrected chi connectivity index (χ1v) is 8.17. The number of ether oxygens (including phenoxy) is 1. The monoisotopic (exact) mass is 342 g/mol. The van der Waals surface area contributed by atoms with Crippen LogP contribution in [0.3, 0.4) is 0 Å². The lowest BCUT2D eigenvalue weighted by atomic mass is 10.1. The zero-order chi connectivity index (χ0) is 16.4. The van der Waals surface area contributed by atoms with E-state index in [0.717, 1.165) is 19.5 Å². The molecule has 2 saturated heterocycles. The Morgan fingerprint density at radius 1 is 1.48 bits per heavy atom. The highest BCUT2D eigenvalue weighted by Crippen LogP contribution is 2.24. The molecule has 2 aliphatic rings. The molecule has 1 aromatic carbocycles. The number of morpholine rings is 1. The molecule has 2 N–H and O–H groups in total. The van der Waals surface area contributed by atoms with Crippen LogP contribution < -0.4 is 5.32 Å². The summed E-state index contributed by atoms with van der Waals surface area (Å²) in [6.07, 6.45) is 1.52. The third kappa shape index (κ3) is 3.83. The summed E-state index contributed by atoms with van der Waals surface area (Å²) in [5.74, 6) is -0.780. The van der Waals surface area contributed by atoms with Crippen molar-refractivity contribution in [3.8, 4) is 0 Å². The predicted octanol–water partition coefficient (Wildman–Crippen LogP) is 1.43. The third-order valence-electron chi connectivity index (χ3n) is 4.46. The van der Waals surface area contributed by atoms with Crippen LogP contribution in [0.5, 0.6) is 0 Å². The van der Waals surface area contributed by atoms with E-state index < -0.39 is 5.82 Å². The van der Waals surface area contributed by atoms with Crippen molar-refractivity contribution in [1.29, 1.82) is 0 Å². The van der Waals surface area contributed by atoms with Crippen LogP contribution in [-0.2, 0) is 4.74 Å². The smallest absolute Gasteiger partial charge is 0.251 e. The van der Waals surface area contributed by atoms with Crippen LogP contribution in [0.1, 0.15) is 23.2 Å². The predicted molar refractivity (Wildman–Crippen MR) is 84.1 cm³/mol. The molecule has 3 atom stereocenters. The van der Waals surface area contributed by atoms with Gasteiger partial charge in [-0.1, -0.05) is 11.6 Å². The van der Waals surface area contributed by atoms with Gasteiger partial charge in [0.05, 0.1) is 17.7 Å². The number of rotatable bonds is 4. The molecular weight excluding hydrogens is 323 g/mol. The Morgan fingerprint density at radius 3 is 3.04 bits per heavy atom. The molecule has 126 valence electrons. The number of aliphatic hydroxyl groups is 1. The molecule has 23 heavy (non-hydrogen) atoms. The van der Waals surface area contributed by atoms with E-state index in [9.17, 15) is 9.18 Å². The first-order chi connectivity index (χ1) is 11.1. The molecule has 1 amide bonds. The van der Waals surface area contributed by atoms with Gasteiger partial charge in [0.1, 0.15) is 5.82 Å². The highest BCUT2D eigenvalue weighted by atomic mass is 35.5. The van der Waals surface area contributed by atoms with Gasteiger partial charge in [-0.2, -0.15) is 0 Å². The zero-order valence-electron chi connectivity index (χ0n) is 12.7. The summed E-state index contributed by atoms with van der Waals surface area (Å²) in [6.45, 7) is 2.28. The van der Waals surface area contributed by atoms with Gasteiger partial charge in [-0.3, -0.25) is 9.69 Å².